The van der Waals surface area contributed by atoms with Crippen LogP contribution in [0.5, 0.6) is 5.75 Å². The zero-order chi connectivity index (χ0) is 16.9. The Balaban J connectivity index is 1.68. The second-order valence-electron chi connectivity index (χ2n) is 6.60. The fraction of sp³-hybridized carbons (Fsp3) is 0.381. The van der Waals surface area contributed by atoms with E-state index in [0.717, 1.165) is 37.2 Å². The van der Waals surface area contributed by atoms with Gasteiger partial charge in [0.1, 0.15) is 12.4 Å². The minimum absolute atomic E-state index is 0.117. The third-order valence-electron chi connectivity index (χ3n) is 4.62. The van der Waals surface area contributed by atoms with Gasteiger partial charge in [0.25, 0.3) is 5.91 Å². The summed E-state index contributed by atoms with van der Waals surface area (Å²) in [5, 5.41) is 0. The molecule has 0 bridgehead atoms. The smallest absolute Gasteiger partial charge is 0.253 e. The van der Waals surface area contributed by atoms with Crippen molar-refractivity contribution in [3.05, 3.63) is 64.7 Å². The molecular weight excluding hydrogens is 298 g/mol. The first-order valence-corrected chi connectivity index (χ1v) is 8.72. The van der Waals surface area contributed by atoms with Crippen molar-refractivity contribution in [3.8, 4) is 5.75 Å². The number of ether oxygens (including phenoxy) is 1. The van der Waals surface area contributed by atoms with Crippen molar-refractivity contribution in [2.45, 2.75) is 39.7 Å². The number of carbonyl (C=O) groups excluding carboxylic acids is 1. The molecule has 3 nitrogen and oxygen atoms in total. The molecule has 1 fully saturated rings. The molecule has 126 valence electrons. The first-order valence-electron chi connectivity index (χ1n) is 8.72. The van der Waals surface area contributed by atoms with Gasteiger partial charge in [0, 0.05) is 18.7 Å². The number of likely N-dealkylation sites (tertiary alicyclic amines) is 1. The van der Waals surface area contributed by atoms with Crippen molar-refractivity contribution >= 4 is 5.91 Å². The Kier molecular flexibility index (Phi) is 5.19. The van der Waals surface area contributed by atoms with E-state index in [1.54, 1.807) is 0 Å². The van der Waals surface area contributed by atoms with E-state index in [-0.39, 0.29) is 5.91 Å². The van der Waals surface area contributed by atoms with Gasteiger partial charge in [0.2, 0.25) is 0 Å². The molecule has 24 heavy (non-hydrogen) atoms. The topological polar surface area (TPSA) is 29.5 Å². The van der Waals surface area contributed by atoms with Crippen LogP contribution in [0.4, 0.5) is 0 Å². The van der Waals surface area contributed by atoms with E-state index in [1.807, 2.05) is 29.2 Å². The monoisotopic (exact) mass is 323 g/mol. The Morgan fingerprint density at radius 2 is 1.83 bits per heavy atom. The van der Waals surface area contributed by atoms with E-state index in [0.29, 0.717) is 6.61 Å². The summed E-state index contributed by atoms with van der Waals surface area (Å²) in [6, 6.07) is 13.9. The first kappa shape index (κ1) is 16.6. The Bertz CT molecular complexity index is 718. The molecule has 0 atom stereocenters. The standard InChI is InChI=1S/C21H25NO2/c1-16-9-10-17(2)19(13-16)15-24-20-8-6-7-18(14-20)21(23)22-11-4-3-5-12-22/h6-10,13-14H,3-5,11-12,15H2,1-2H3. The molecule has 0 aliphatic carbocycles. The SMILES string of the molecule is Cc1ccc(C)c(COc2cccc(C(=O)N3CCCCC3)c2)c1. The van der Waals surface area contributed by atoms with Gasteiger partial charge in [0.05, 0.1) is 0 Å². The quantitative estimate of drug-likeness (QED) is 0.828. The van der Waals surface area contributed by atoms with Gasteiger partial charge >= 0.3 is 0 Å². The highest BCUT2D eigenvalue weighted by molar-refractivity contribution is 5.94. The first-order chi connectivity index (χ1) is 11.6. The third kappa shape index (κ3) is 3.97. The maximum absolute atomic E-state index is 12.6. The molecule has 0 radical (unpaired) electrons. The molecule has 2 aromatic rings. The number of hydrogen-bond donors (Lipinski definition) is 0. The number of piperidine rings is 1. The van der Waals surface area contributed by atoms with Crippen LogP contribution in [0.25, 0.3) is 0 Å². The number of nitrogens with zero attached hydrogens (tertiary/aromatic N) is 1. The number of benzene rings is 2. The lowest BCUT2D eigenvalue weighted by atomic mass is 10.1. The summed E-state index contributed by atoms with van der Waals surface area (Å²) in [7, 11) is 0. The second-order valence-corrected chi connectivity index (χ2v) is 6.60. The third-order valence-corrected chi connectivity index (χ3v) is 4.62. The molecule has 2 aromatic carbocycles. The van der Waals surface area contributed by atoms with Crippen molar-refractivity contribution in [1.29, 1.82) is 0 Å². The van der Waals surface area contributed by atoms with E-state index >= 15 is 0 Å². The predicted octanol–water partition coefficient (Wildman–Crippen LogP) is 4.51. The summed E-state index contributed by atoms with van der Waals surface area (Å²) in [6.45, 7) is 6.43. The Hall–Kier alpha value is -2.29. The van der Waals surface area contributed by atoms with Gasteiger partial charge in [-0.15, -0.1) is 0 Å². The van der Waals surface area contributed by atoms with Gasteiger partial charge in [-0.3, -0.25) is 4.79 Å². The summed E-state index contributed by atoms with van der Waals surface area (Å²) in [5.41, 5.74) is 4.35. The van der Waals surface area contributed by atoms with Gasteiger partial charge in [-0.1, -0.05) is 29.8 Å². The maximum atomic E-state index is 12.6. The molecule has 0 unspecified atom stereocenters. The Morgan fingerprint density at radius 3 is 2.62 bits per heavy atom. The fourth-order valence-corrected chi connectivity index (χ4v) is 3.12. The van der Waals surface area contributed by atoms with Crippen LogP contribution in [-0.2, 0) is 6.61 Å². The second kappa shape index (κ2) is 7.52. The van der Waals surface area contributed by atoms with Crippen molar-refractivity contribution in [2.75, 3.05) is 13.1 Å². The number of hydrogen-bond acceptors (Lipinski definition) is 2. The molecule has 1 aliphatic rings. The molecule has 1 amide bonds. The zero-order valence-corrected chi connectivity index (χ0v) is 14.5. The van der Waals surface area contributed by atoms with Crippen molar-refractivity contribution in [1.82, 2.24) is 4.90 Å². The number of carbonyl (C=O) groups is 1. The van der Waals surface area contributed by atoms with E-state index in [1.165, 1.54) is 23.1 Å². The lowest BCUT2D eigenvalue weighted by molar-refractivity contribution is 0.0724. The van der Waals surface area contributed by atoms with Crippen LogP contribution in [0.2, 0.25) is 0 Å². The fourth-order valence-electron chi connectivity index (χ4n) is 3.12. The summed E-state index contributed by atoms with van der Waals surface area (Å²) < 4.78 is 5.94. The molecule has 0 N–H and O–H groups in total. The van der Waals surface area contributed by atoms with Crippen molar-refractivity contribution in [2.24, 2.45) is 0 Å². The maximum Gasteiger partial charge on any atom is 0.253 e. The predicted molar refractivity (Wildman–Crippen MR) is 96.4 cm³/mol. The van der Waals surface area contributed by atoms with Crippen molar-refractivity contribution < 1.29 is 9.53 Å². The molecule has 0 spiro atoms. The van der Waals surface area contributed by atoms with Crippen LogP contribution in [-0.4, -0.2) is 23.9 Å². The number of amides is 1. The normalized spacial score (nSPS) is 14.5. The largest absolute Gasteiger partial charge is 0.489 e. The van der Waals surface area contributed by atoms with E-state index in [2.05, 4.69) is 32.0 Å². The Labute approximate surface area is 144 Å². The van der Waals surface area contributed by atoms with E-state index in [4.69, 9.17) is 4.74 Å². The molecule has 3 heteroatoms. The molecule has 1 saturated heterocycles. The zero-order valence-electron chi connectivity index (χ0n) is 14.5. The van der Waals surface area contributed by atoms with Crippen LogP contribution < -0.4 is 4.74 Å². The van der Waals surface area contributed by atoms with Crippen LogP contribution in [0.3, 0.4) is 0 Å². The minimum atomic E-state index is 0.117. The van der Waals surface area contributed by atoms with E-state index < -0.39 is 0 Å². The summed E-state index contributed by atoms with van der Waals surface area (Å²) in [6.07, 6.45) is 3.44. The van der Waals surface area contributed by atoms with Crippen LogP contribution in [0.15, 0.2) is 42.5 Å². The van der Waals surface area contributed by atoms with Crippen LogP contribution >= 0.6 is 0 Å². The van der Waals surface area contributed by atoms with Crippen LogP contribution in [0.1, 0.15) is 46.3 Å². The summed E-state index contributed by atoms with van der Waals surface area (Å²) in [4.78, 5) is 14.5. The number of rotatable bonds is 4. The molecule has 0 aromatic heterocycles. The van der Waals surface area contributed by atoms with Gasteiger partial charge < -0.3 is 9.64 Å². The van der Waals surface area contributed by atoms with Gasteiger partial charge in [-0.25, -0.2) is 0 Å². The highest BCUT2D eigenvalue weighted by atomic mass is 16.5. The minimum Gasteiger partial charge on any atom is -0.489 e. The van der Waals surface area contributed by atoms with E-state index in [9.17, 15) is 4.79 Å². The van der Waals surface area contributed by atoms with Gasteiger partial charge in [-0.05, 0) is 62.4 Å². The highest BCUT2D eigenvalue weighted by Crippen LogP contribution is 2.20. The lowest BCUT2D eigenvalue weighted by Gasteiger charge is -2.26. The molecule has 1 heterocycles. The van der Waals surface area contributed by atoms with Gasteiger partial charge in [0.15, 0.2) is 0 Å². The molecule has 1 aliphatic heterocycles. The average Bonchev–Trinajstić information content (AvgIpc) is 2.63. The highest BCUT2D eigenvalue weighted by Gasteiger charge is 2.18. The molecule has 3 rings (SSSR count). The van der Waals surface area contributed by atoms with Crippen LogP contribution in [0, 0.1) is 13.8 Å². The summed E-state index contributed by atoms with van der Waals surface area (Å²) in [5.74, 6) is 0.866. The molecule has 0 saturated carbocycles. The average molecular weight is 323 g/mol. The summed E-state index contributed by atoms with van der Waals surface area (Å²) >= 11 is 0. The van der Waals surface area contributed by atoms with Crippen molar-refractivity contribution in [3.63, 3.8) is 0 Å². The lowest BCUT2D eigenvalue weighted by Crippen LogP contribution is -2.35. The Morgan fingerprint density at radius 1 is 1.04 bits per heavy atom. The molecular formula is C21H25NO2. The number of aryl methyl sites for hydroxylation is 2. The van der Waals surface area contributed by atoms with Gasteiger partial charge in [-0.2, -0.15) is 0 Å².